The quantitative estimate of drug-likeness (QED) is 0.374. The number of hydrogen-bond donors (Lipinski definition) is 1. The van der Waals surface area contributed by atoms with E-state index in [0.717, 1.165) is 0 Å². The zero-order valence-corrected chi connectivity index (χ0v) is 12.7. The minimum absolute atomic E-state index is 0.0856. The van der Waals surface area contributed by atoms with E-state index in [9.17, 15) is 19.7 Å². The molecule has 7 nitrogen and oxygen atoms in total. The number of anilines is 1. The number of benzene rings is 1. The van der Waals surface area contributed by atoms with Gasteiger partial charge in [-0.25, -0.2) is 0 Å². The van der Waals surface area contributed by atoms with Gasteiger partial charge in [-0.05, 0) is 28.9 Å². The lowest BCUT2D eigenvalue weighted by molar-refractivity contribution is -0.384. The van der Waals surface area contributed by atoms with Gasteiger partial charge in [0.05, 0.1) is 16.6 Å². The SMILES string of the molecule is CCOC(=O)CC(=O)Nc1cc(Cl)c(Br)cc1[N+](=O)[O-]. The fraction of sp³-hybridized carbons (Fsp3) is 0.273. The van der Waals surface area contributed by atoms with Gasteiger partial charge in [-0.3, -0.25) is 19.7 Å². The van der Waals surface area contributed by atoms with Crippen molar-refractivity contribution in [2.45, 2.75) is 13.3 Å². The first-order valence-electron chi connectivity index (χ1n) is 5.44. The summed E-state index contributed by atoms with van der Waals surface area (Å²) in [5.74, 6) is -1.43. The third-order valence-electron chi connectivity index (χ3n) is 2.12. The highest BCUT2D eigenvalue weighted by atomic mass is 79.9. The number of nitrogens with one attached hydrogen (secondary N) is 1. The summed E-state index contributed by atoms with van der Waals surface area (Å²) in [5, 5.41) is 13.3. The van der Waals surface area contributed by atoms with E-state index in [0.29, 0.717) is 4.47 Å². The predicted molar refractivity (Wildman–Crippen MR) is 75.7 cm³/mol. The summed E-state index contributed by atoms with van der Waals surface area (Å²) in [6.07, 6.45) is -0.529. The Balaban J connectivity index is 2.91. The van der Waals surface area contributed by atoms with Crippen molar-refractivity contribution in [3.8, 4) is 0 Å². The van der Waals surface area contributed by atoms with Crippen LogP contribution in [0.15, 0.2) is 16.6 Å². The Morgan fingerprint density at radius 3 is 2.70 bits per heavy atom. The molecule has 0 heterocycles. The Kier molecular flexibility index (Phi) is 5.90. The van der Waals surface area contributed by atoms with Gasteiger partial charge in [-0.1, -0.05) is 11.6 Å². The van der Waals surface area contributed by atoms with Crippen LogP contribution in [0.1, 0.15) is 13.3 Å². The summed E-state index contributed by atoms with van der Waals surface area (Å²) in [5.41, 5.74) is -0.420. The first kappa shape index (κ1) is 16.4. The Bertz CT molecular complexity index is 564. The number of halogens is 2. The Morgan fingerprint density at radius 2 is 2.15 bits per heavy atom. The Hall–Kier alpha value is -1.67. The molecule has 1 rings (SSSR count). The van der Waals surface area contributed by atoms with Crippen molar-refractivity contribution in [1.82, 2.24) is 0 Å². The van der Waals surface area contributed by atoms with Crippen LogP contribution in [-0.4, -0.2) is 23.4 Å². The van der Waals surface area contributed by atoms with Gasteiger partial charge < -0.3 is 10.1 Å². The number of nitrogens with zero attached hydrogens (tertiary/aromatic N) is 1. The smallest absolute Gasteiger partial charge is 0.315 e. The van der Waals surface area contributed by atoms with Crippen LogP contribution >= 0.6 is 27.5 Å². The number of amides is 1. The summed E-state index contributed by atoms with van der Waals surface area (Å²) in [6, 6.07) is 2.40. The summed E-state index contributed by atoms with van der Waals surface area (Å²) in [4.78, 5) is 32.9. The van der Waals surface area contributed by atoms with E-state index in [1.165, 1.54) is 12.1 Å². The van der Waals surface area contributed by atoms with E-state index in [1.807, 2.05) is 0 Å². The average Bonchev–Trinajstić information content (AvgIpc) is 2.33. The summed E-state index contributed by atoms with van der Waals surface area (Å²) >= 11 is 8.87. The van der Waals surface area contributed by atoms with Gasteiger partial charge in [0, 0.05) is 10.5 Å². The van der Waals surface area contributed by atoms with E-state index < -0.39 is 23.2 Å². The van der Waals surface area contributed by atoms with Gasteiger partial charge in [-0.15, -0.1) is 0 Å². The van der Waals surface area contributed by atoms with Crippen LogP contribution in [0, 0.1) is 10.1 Å². The van der Waals surface area contributed by atoms with Gasteiger partial charge in [0.15, 0.2) is 0 Å². The minimum atomic E-state index is -0.718. The van der Waals surface area contributed by atoms with Crippen LogP contribution < -0.4 is 5.32 Å². The topological polar surface area (TPSA) is 98.5 Å². The molecule has 1 aromatic rings. The van der Waals surface area contributed by atoms with E-state index in [2.05, 4.69) is 26.0 Å². The number of rotatable bonds is 5. The number of nitro benzene ring substituents is 1. The third kappa shape index (κ3) is 4.46. The van der Waals surface area contributed by atoms with Crippen molar-refractivity contribution in [3.05, 3.63) is 31.7 Å². The molecule has 0 unspecified atom stereocenters. The summed E-state index contributed by atoms with van der Waals surface area (Å²) in [7, 11) is 0. The predicted octanol–water partition coefficient (Wildman–Crippen LogP) is 2.90. The minimum Gasteiger partial charge on any atom is -0.466 e. The lowest BCUT2D eigenvalue weighted by Gasteiger charge is -2.07. The number of hydrogen-bond acceptors (Lipinski definition) is 5. The largest absolute Gasteiger partial charge is 0.466 e. The third-order valence-corrected chi connectivity index (χ3v) is 3.32. The molecule has 0 saturated carbocycles. The van der Waals surface area contributed by atoms with Crippen molar-refractivity contribution in [2.24, 2.45) is 0 Å². The molecular weight excluding hydrogens is 355 g/mol. The molecule has 1 aromatic carbocycles. The highest BCUT2D eigenvalue weighted by Gasteiger charge is 2.20. The molecule has 0 aliphatic heterocycles. The van der Waals surface area contributed by atoms with Gasteiger partial charge >= 0.3 is 5.97 Å². The first-order valence-corrected chi connectivity index (χ1v) is 6.61. The molecule has 20 heavy (non-hydrogen) atoms. The number of ether oxygens (including phenoxy) is 1. The van der Waals surface area contributed by atoms with Gasteiger partial charge in [0.2, 0.25) is 5.91 Å². The van der Waals surface area contributed by atoms with Crippen molar-refractivity contribution >= 4 is 50.8 Å². The first-order chi connectivity index (χ1) is 9.35. The molecule has 9 heteroatoms. The lowest BCUT2D eigenvalue weighted by Crippen LogP contribution is -2.18. The zero-order valence-electron chi connectivity index (χ0n) is 10.3. The van der Waals surface area contributed by atoms with Crippen LogP contribution in [0.25, 0.3) is 0 Å². The molecule has 1 N–H and O–H groups in total. The van der Waals surface area contributed by atoms with Crippen LogP contribution in [0.3, 0.4) is 0 Å². The highest BCUT2D eigenvalue weighted by Crippen LogP contribution is 2.34. The summed E-state index contributed by atoms with van der Waals surface area (Å²) < 4.78 is 4.93. The molecule has 0 saturated heterocycles. The molecule has 0 aliphatic carbocycles. The molecule has 0 bridgehead atoms. The number of carbonyl (C=O) groups excluding carboxylic acids is 2. The standard InChI is InChI=1S/C11H10BrClN2O5/c1-2-20-11(17)5-10(16)14-8-4-7(13)6(12)3-9(8)15(18)19/h3-4H,2,5H2,1H3,(H,14,16). The van der Waals surface area contributed by atoms with E-state index >= 15 is 0 Å². The second-order valence-electron chi connectivity index (χ2n) is 3.57. The van der Waals surface area contributed by atoms with Crippen LogP contribution in [0.5, 0.6) is 0 Å². The lowest BCUT2D eigenvalue weighted by atomic mass is 10.2. The molecular formula is C11H10BrClN2O5. The molecule has 0 spiro atoms. The maximum atomic E-state index is 11.6. The molecule has 108 valence electrons. The molecule has 0 radical (unpaired) electrons. The van der Waals surface area contributed by atoms with Crippen LogP contribution in [0.2, 0.25) is 5.02 Å². The van der Waals surface area contributed by atoms with Gasteiger partial charge in [-0.2, -0.15) is 0 Å². The fourth-order valence-corrected chi connectivity index (χ4v) is 1.82. The highest BCUT2D eigenvalue weighted by molar-refractivity contribution is 9.10. The number of esters is 1. The summed E-state index contributed by atoms with van der Waals surface area (Å²) in [6.45, 7) is 1.76. The van der Waals surface area contributed by atoms with Crippen molar-refractivity contribution < 1.29 is 19.2 Å². The van der Waals surface area contributed by atoms with Crippen LogP contribution in [-0.2, 0) is 14.3 Å². The van der Waals surface area contributed by atoms with E-state index in [4.69, 9.17) is 11.6 Å². The average molecular weight is 366 g/mol. The Morgan fingerprint density at radius 1 is 1.50 bits per heavy atom. The zero-order chi connectivity index (χ0) is 15.3. The second kappa shape index (κ2) is 7.20. The maximum Gasteiger partial charge on any atom is 0.315 e. The van der Waals surface area contributed by atoms with Crippen molar-refractivity contribution in [1.29, 1.82) is 0 Å². The maximum absolute atomic E-state index is 11.6. The molecule has 0 atom stereocenters. The van der Waals surface area contributed by atoms with Crippen molar-refractivity contribution in [3.63, 3.8) is 0 Å². The van der Waals surface area contributed by atoms with Crippen LogP contribution in [0.4, 0.5) is 11.4 Å². The Labute approximate surface area is 127 Å². The van der Waals surface area contributed by atoms with Crippen molar-refractivity contribution in [2.75, 3.05) is 11.9 Å². The monoisotopic (exact) mass is 364 g/mol. The van der Waals surface area contributed by atoms with Gasteiger partial charge in [0.1, 0.15) is 12.1 Å². The van der Waals surface area contributed by atoms with Gasteiger partial charge in [0.25, 0.3) is 5.69 Å². The normalized spacial score (nSPS) is 9.95. The van der Waals surface area contributed by atoms with E-state index in [-0.39, 0.29) is 23.0 Å². The molecule has 1 amide bonds. The molecule has 0 fully saturated rings. The molecule has 0 aromatic heterocycles. The van der Waals surface area contributed by atoms with E-state index in [1.54, 1.807) is 6.92 Å². The second-order valence-corrected chi connectivity index (χ2v) is 4.83. The molecule has 0 aliphatic rings. The number of nitro groups is 1. The fourth-order valence-electron chi connectivity index (χ4n) is 1.33. The number of carbonyl (C=O) groups is 2.